The second-order valence-electron chi connectivity index (χ2n) is 5.91. The molecule has 0 aliphatic carbocycles. The summed E-state index contributed by atoms with van der Waals surface area (Å²) in [5.74, 6) is -2.11. The summed E-state index contributed by atoms with van der Waals surface area (Å²) in [4.78, 5) is 26.0. The predicted octanol–water partition coefficient (Wildman–Crippen LogP) is -0.316. The van der Waals surface area contributed by atoms with Crippen LogP contribution in [0.25, 0.3) is 0 Å². The van der Waals surface area contributed by atoms with Gasteiger partial charge in [-0.3, -0.25) is 4.79 Å². The van der Waals surface area contributed by atoms with E-state index in [1.54, 1.807) is 18.2 Å². The van der Waals surface area contributed by atoms with Crippen molar-refractivity contribution in [1.82, 2.24) is 0 Å². The van der Waals surface area contributed by atoms with Crippen molar-refractivity contribution in [2.75, 3.05) is 18.0 Å². The van der Waals surface area contributed by atoms with Crippen molar-refractivity contribution >= 4 is 17.4 Å². The summed E-state index contributed by atoms with van der Waals surface area (Å²) in [7, 11) is 0. The van der Waals surface area contributed by atoms with Gasteiger partial charge in [-0.15, -0.1) is 0 Å². The molecule has 1 N–H and O–H groups in total. The average molecular weight is 347 g/mol. The Morgan fingerprint density at radius 2 is 1.56 bits per heavy atom. The number of benzene rings is 2. The fourth-order valence-electron chi connectivity index (χ4n) is 3.06. The van der Waals surface area contributed by atoms with Crippen molar-refractivity contribution in [1.29, 1.82) is 0 Å². The van der Waals surface area contributed by atoms with Gasteiger partial charge in [-0.1, -0.05) is 23.9 Å². The van der Waals surface area contributed by atoms with Crippen LogP contribution in [0.4, 0.5) is 5.69 Å². The van der Waals surface area contributed by atoms with Crippen molar-refractivity contribution < 1.29 is 49.4 Å². The molecule has 3 rings (SSSR count). The number of carboxylic acids is 1. The van der Waals surface area contributed by atoms with Crippen LogP contribution in [0.3, 0.4) is 0 Å². The van der Waals surface area contributed by atoms with Gasteiger partial charge in [-0.2, -0.15) is 0 Å². The van der Waals surface area contributed by atoms with Crippen molar-refractivity contribution in [3.63, 3.8) is 0 Å². The predicted molar refractivity (Wildman–Crippen MR) is 88.8 cm³/mol. The van der Waals surface area contributed by atoms with Gasteiger partial charge in [-0.25, -0.2) is 4.79 Å². The minimum Gasteiger partial charge on any atom is -0.872 e. The summed E-state index contributed by atoms with van der Waals surface area (Å²) >= 11 is 0. The molecule has 25 heavy (non-hydrogen) atoms. The van der Waals surface area contributed by atoms with Gasteiger partial charge in [0.2, 0.25) is 0 Å². The third-order valence-corrected chi connectivity index (χ3v) is 4.33. The zero-order valence-electron chi connectivity index (χ0n) is 14.2. The zero-order valence-corrected chi connectivity index (χ0v) is 16.2. The van der Waals surface area contributed by atoms with Crippen molar-refractivity contribution in [3.05, 3.63) is 59.2 Å². The molecule has 2 aromatic rings. The third-order valence-electron chi connectivity index (χ3n) is 4.33. The van der Waals surface area contributed by atoms with Gasteiger partial charge in [0.25, 0.3) is 0 Å². The van der Waals surface area contributed by atoms with E-state index < -0.39 is 11.8 Å². The van der Waals surface area contributed by atoms with E-state index >= 15 is 0 Å². The smallest absolute Gasteiger partial charge is 0.872 e. The maximum absolute atomic E-state index is 12.6. The van der Waals surface area contributed by atoms with E-state index in [0.717, 1.165) is 31.6 Å². The molecule has 0 saturated carbocycles. The van der Waals surface area contributed by atoms with Gasteiger partial charge in [0, 0.05) is 29.9 Å². The summed E-state index contributed by atoms with van der Waals surface area (Å²) < 4.78 is 0. The number of carbonyl (C=O) groups is 2. The Morgan fingerprint density at radius 3 is 2.16 bits per heavy atom. The maximum Gasteiger partial charge on any atom is 1.00 e. The molecule has 6 heteroatoms. The second kappa shape index (κ2) is 8.52. The number of ketones is 1. The standard InChI is InChI=1S/C19H19NO4.Na/c21-17-12-13(20-10-4-1-5-11-20)8-9-16(17)18(22)14-6-2-3-7-15(14)19(23)24;/h2-3,6-9,12,21H,1,4-5,10-11H2,(H,23,24);/q;+1/p-1. The Balaban J connectivity index is 0.00000225. The van der Waals surface area contributed by atoms with E-state index in [-0.39, 0.29) is 52.0 Å². The summed E-state index contributed by atoms with van der Waals surface area (Å²) in [6.45, 7) is 1.82. The molecule has 0 amide bonds. The third kappa shape index (κ3) is 4.24. The fraction of sp³-hybridized carbons (Fsp3) is 0.263. The van der Waals surface area contributed by atoms with E-state index in [9.17, 15) is 19.8 Å². The van der Waals surface area contributed by atoms with Gasteiger partial charge >= 0.3 is 35.5 Å². The first-order valence-corrected chi connectivity index (χ1v) is 8.01. The van der Waals surface area contributed by atoms with Crippen molar-refractivity contribution in [2.45, 2.75) is 19.3 Å². The quantitative estimate of drug-likeness (QED) is 0.606. The Kier molecular flexibility index (Phi) is 6.64. The topological polar surface area (TPSA) is 80.7 Å². The molecule has 1 heterocycles. The summed E-state index contributed by atoms with van der Waals surface area (Å²) in [5.41, 5.74) is 0.766. The monoisotopic (exact) mass is 347 g/mol. The molecule has 0 atom stereocenters. The normalized spacial score (nSPS) is 13.8. The van der Waals surface area contributed by atoms with Crippen LogP contribution in [-0.2, 0) is 0 Å². The Morgan fingerprint density at radius 1 is 0.920 bits per heavy atom. The van der Waals surface area contributed by atoms with E-state index in [2.05, 4.69) is 4.90 Å². The number of anilines is 1. The van der Waals surface area contributed by atoms with Crippen LogP contribution >= 0.6 is 0 Å². The summed E-state index contributed by atoms with van der Waals surface area (Å²) in [6.07, 6.45) is 3.39. The van der Waals surface area contributed by atoms with E-state index in [0.29, 0.717) is 0 Å². The number of carboxylic acid groups (broad SMARTS) is 1. The Bertz CT molecular complexity index is 785. The molecule has 1 saturated heterocycles. The van der Waals surface area contributed by atoms with Gasteiger partial charge in [0.15, 0.2) is 5.78 Å². The van der Waals surface area contributed by atoms with Crippen LogP contribution in [0.15, 0.2) is 42.5 Å². The molecule has 0 radical (unpaired) electrons. The van der Waals surface area contributed by atoms with Crippen LogP contribution in [0.1, 0.15) is 45.5 Å². The maximum atomic E-state index is 12.6. The first-order valence-electron chi connectivity index (χ1n) is 8.01. The Labute approximate surface area is 168 Å². The molecule has 0 bridgehead atoms. The van der Waals surface area contributed by atoms with Crippen LogP contribution in [-0.4, -0.2) is 29.9 Å². The van der Waals surface area contributed by atoms with Crippen molar-refractivity contribution in [3.8, 4) is 5.75 Å². The number of piperidine rings is 1. The molecule has 0 aromatic heterocycles. The van der Waals surface area contributed by atoms with Gasteiger partial charge < -0.3 is 15.1 Å². The van der Waals surface area contributed by atoms with E-state index in [1.165, 1.54) is 30.7 Å². The van der Waals surface area contributed by atoms with Crippen molar-refractivity contribution in [2.24, 2.45) is 0 Å². The molecule has 0 spiro atoms. The molecule has 0 unspecified atom stereocenters. The number of hydrogen-bond acceptors (Lipinski definition) is 4. The largest absolute Gasteiger partial charge is 1.00 e. The average Bonchev–Trinajstić information content (AvgIpc) is 2.62. The number of aromatic carboxylic acids is 1. The van der Waals surface area contributed by atoms with Crippen LogP contribution < -0.4 is 39.6 Å². The van der Waals surface area contributed by atoms with Crippen LogP contribution in [0.5, 0.6) is 5.75 Å². The van der Waals surface area contributed by atoms with Crippen LogP contribution in [0, 0.1) is 0 Å². The minimum absolute atomic E-state index is 0. The second-order valence-corrected chi connectivity index (χ2v) is 5.91. The zero-order chi connectivity index (χ0) is 17.1. The number of rotatable bonds is 4. The van der Waals surface area contributed by atoms with Crippen LogP contribution in [0.2, 0.25) is 0 Å². The van der Waals surface area contributed by atoms with Gasteiger partial charge in [0.05, 0.1) is 5.56 Å². The molecular weight excluding hydrogens is 329 g/mol. The summed E-state index contributed by atoms with van der Waals surface area (Å²) in [5, 5.41) is 21.6. The summed E-state index contributed by atoms with van der Waals surface area (Å²) in [6, 6.07) is 10.7. The number of carbonyl (C=O) groups excluding carboxylic acids is 1. The number of nitrogens with zero attached hydrogens (tertiary/aromatic N) is 1. The molecule has 1 fully saturated rings. The molecule has 2 aromatic carbocycles. The molecule has 1 aliphatic rings. The molecule has 1 aliphatic heterocycles. The molecule has 5 nitrogen and oxygen atoms in total. The van der Waals surface area contributed by atoms with E-state index in [4.69, 9.17) is 0 Å². The van der Waals surface area contributed by atoms with E-state index in [1.807, 2.05) is 0 Å². The SMILES string of the molecule is O=C(O)c1ccccc1C(=O)c1ccc(N2CCCCC2)cc1[O-].[Na+]. The molecule has 124 valence electrons. The van der Waals surface area contributed by atoms with Gasteiger partial charge in [-0.05, 0) is 43.5 Å². The first-order chi connectivity index (χ1) is 11.6. The minimum atomic E-state index is -1.18. The Hall–Kier alpha value is -1.82. The molecular formula is C19H18NNaO4. The fourth-order valence-corrected chi connectivity index (χ4v) is 3.06. The van der Waals surface area contributed by atoms with Gasteiger partial charge in [0.1, 0.15) is 0 Å². The number of hydrogen-bond donors (Lipinski definition) is 1. The first kappa shape index (κ1) is 19.5.